The molecule has 0 unspecified atom stereocenters. The van der Waals surface area contributed by atoms with Crippen LogP contribution in [0.1, 0.15) is 19.8 Å². The zero-order chi connectivity index (χ0) is 9.68. The van der Waals surface area contributed by atoms with Gasteiger partial charge < -0.3 is 9.84 Å². The highest BCUT2D eigenvalue weighted by Crippen LogP contribution is 2.22. The van der Waals surface area contributed by atoms with Crippen LogP contribution in [0, 0.1) is 5.82 Å². The zero-order valence-corrected chi connectivity index (χ0v) is 7.59. The van der Waals surface area contributed by atoms with Gasteiger partial charge in [0.1, 0.15) is 5.75 Å². The van der Waals surface area contributed by atoms with E-state index in [1.165, 1.54) is 18.2 Å². The summed E-state index contributed by atoms with van der Waals surface area (Å²) in [5.74, 6) is -0.296. The fourth-order valence-corrected chi connectivity index (χ4v) is 0.929. The van der Waals surface area contributed by atoms with E-state index in [0.29, 0.717) is 6.61 Å². The molecule has 0 fully saturated rings. The second-order valence-corrected chi connectivity index (χ2v) is 2.82. The van der Waals surface area contributed by atoms with Crippen molar-refractivity contribution in [3.05, 3.63) is 24.0 Å². The Morgan fingerprint density at radius 2 is 2.23 bits per heavy atom. The predicted molar refractivity (Wildman–Crippen MR) is 48.5 cm³/mol. The first kappa shape index (κ1) is 9.84. The van der Waals surface area contributed by atoms with E-state index >= 15 is 0 Å². The molecule has 0 heterocycles. The van der Waals surface area contributed by atoms with E-state index in [0.717, 1.165) is 12.8 Å². The molecule has 3 heteroatoms. The summed E-state index contributed by atoms with van der Waals surface area (Å²) in [5, 5.41) is 9.05. The van der Waals surface area contributed by atoms with E-state index in [4.69, 9.17) is 9.84 Å². The van der Waals surface area contributed by atoms with Gasteiger partial charge in [-0.15, -0.1) is 0 Å². The van der Waals surface area contributed by atoms with Crippen LogP contribution < -0.4 is 4.74 Å². The smallest absolute Gasteiger partial charge is 0.165 e. The lowest BCUT2D eigenvalue weighted by molar-refractivity contribution is 0.292. The molecule has 0 aliphatic heterocycles. The maximum absolute atomic E-state index is 13.0. The van der Waals surface area contributed by atoms with E-state index in [-0.39, 0.29) is 11.5 Å². The molecule has 1 aromatic rings. The van der Waals surface area contributed by atoms with Gasteiger partial charge in [0.05, 0.1) is 6.61 Å². The molecule has 13 heavy (non-hydrogen) atoms. The normalized spacial score (nSPS) is 10.0. The van der Waals surface area contributed by atoms with Gasteiger partial charge in [0, 0.05) is 6.07 Å². The quantitative estimate of drug-likeness (QED) is 0.729. The van der Waals surface area contributed by atoms with Crippen LogP contribution in [-0.4, -0.2) is 11.7 Å². The summed E-state index contributed by atoms with van der Waals surface area (Å²) >= 11 is 0. The molecule has 2 nitrogen and oxygen atoms in total. The Morgan fingerprint density at radius 1 is 1.46 bits per heavy atom. The summed E-state index contributed by atoms with van der Waals surface area (Å²) in [5.41, 5.74) is 0. The second-order valence-electron chi connectivity index (χ2n) is 2.82. The van der Waals surface area contributed by atoms with Crippen LogP contribution in [-0.2, 0) is 0 Å². The number of aromatic hydroxyl groups is 1. The van der Waals surface area contributed by atoms with E-state index in [1.807, 2.05) is 6.92 Å². The van der Waals surface area contributed by atoms with Crippen LogP contribution in [0.15, 0.2) is 18.2 Å². The van der Waals surface area contributed by atoms with E-state index in [2.05, 4.69) is 0 Å². The predicted octanol–water partition coefficient (Wildman–Crippen LogP) is 2.71. The van der Waals surface area contributed by atoms with Gasteiger partial charge in [0.25, 0.3) is 0 Å². The molecular formula is C10H13FO2. The average Bonchev–Trinajstić information content (AvgIpc) is 2.11. The first-order chi connectivity index (χ1) is 6.24. The molecule has 0 aliphatic carbocycles. The summed E-state index contributed by atoms with van der Waals surface area (Å²) in [4.78, 5) is 0. The Hall–Kier alpha value is -1.25. The van der Waals surface area contributed by atoms with Gasteiger partial charge in [-0.05, 0) is 18.6 Å². The number of rotatable bonds is 4. The standard InChI is InChI=1S/C10H13FO2/c1-2-3-6-13-10-7-8(12)4-5-9(10)11/h4-5,7,12H,2-3,6H2,1H3. The molecular weight excluding hydrogens is 171 g/mol. The third kappa shape index (κ3) is 2.93. The van der Waals surface area contributed by atoms with Crippen molar-refractivity contribution in [1.82, 2.24) is 0 Å². The summed E-state index contributed by atoms with van der Waals surface area (Å²) in [6, 6.07) is 3.77. The Kier molecular flexibility index (Phi) is 3.55. The highest BCUT2D eigenvalue weighted by molar-refractivity contribution is 5.33. The number of hydrogen-bond donors (Lipinski definition) is 1. The minimum absolute atomic E-state index is 0.0212. The Labute approximate surface area is 77.0 Å². The van der Waals surface area contributed by atoms with Crippen LogP contribution in [0.5, 0.6) is 11.5 Å². The number of halogens is 1. The minimum atomic E-state index is -0.436. The van der Waals surface area contributed by atoms with Crippen molar-refractivity contribution in [2.75, 3.05) is 6.61 Å². The van der Waals surface area contributed by atoms with Gasteiger partial charge in [-0.25, -0.2) is 4.39 Å². The largest absolute Gasteiger partial charge is 0.508 e. The van der Waals surface area contributed by atoms with Gasteiger partial charge in [-0.2, -0.15) is 0 Å². The molecule has 0 aromatic heterocycles. The van der Waals surface area contributed by atoms with Crippen LogP contribution >= 0.6 is 0 Å². The molecule has 0 spiro atoms. The van der Waals surface area contributed by atoms with Gasteiger partial charge in [-0.1, -0.05) is 13.3 Å². The van der Waals surface area contributed by atoms with Gasteiger partial charge in [-0.3, -0.25) is 0 Å². The van der Waals surface area contributed by atoms with Crippen LogP contribution in [0.2, 0.25) is 0 Å². The Bertz CT molecular complexity index is 274. The molecule has 0 bridgehead atoms. The molecule has 1 N–H and O–H groups in total. The topological polar surface area (TPSA) is 29.5 Å². The number of hydrogen-bond acceptors (Lipinski definition) is 2. The van der Waals surface area contributed by atoms with E-state index < -0.39 is 5.82 Å². The molecule has 72 valence electrons. The third-order valence-electron chi connectivity index (χ3n) is 1.67. The van der Waals surface area contributed by atoms with Crippen LogP contribution in [0.4, 0.5) is 4.39 Å². The Morgan fingerprint density at radius 3 is 2.92 bits per heavy atom. The lowest BCUT2D eigenvalue weighted by atomic mass is 10.3. The summed E-state index contributed by atoms with van der Waals surface area (Å²) in [6.07, 6.45) is 1.88. The molecule has 1 rings (SSSR count). The van der Waals surface area contributed by atoms with Crippen molar-refractivity contribution in [3.8, 4) is 11.5 Å². The third-order valence-corrected chi connectivity index (χ3v) is 1.67. The number of unbranched alkanes of at least 4 members (excludes halogenated alkanes) is 1. The SMILES string of the molecule is CCCCOc1cc(O)ccc1F. The lowest BCUT2D eigenvalue weighted by Gasteiger charge is -2.06. The number of phenols is 1. The highest BCUT2D eigenvalue weighted by atomic mass is 19.1. The maximum Gasteiger partial charge on any atom is 0.165 e. The monoisotopic (exact) mass is 184 g/mol. The number of benzene rings is 1. The van der Waals surface area contributed by atoms with Crippen LogP contribution in [0.3, 0.4) is 0 Å². The van der Waals surface area contributed by atoms with E-state index in [9.17, 15) is 4.39 Å². The molecule has 0 saturated heterocycles. The van der Waals surface area contributed by atoms with Crippen molar-refractivity contribution in [2.24, 2.45) is 0 Å². The zero-order valence-electron chi connectivity index (χ0n) is 7.59. The first-order valence-corrected chi connectivity index (χ1v) is 4.35. The van der Waals surface area contributed by atoms with Crippen molar-refractivity contribution < 1.29 is 14.2 Å². The Balaban J connectivity index is 2.59. The summed E-state index contributed by atoms with van der Waals surface area (Å²) in [7, 11) is 0. The molecule has 0 saturated carbocycles. The fourth-order valence-electron chi connectivity index (χ4n) is 0.929. The van der Waals surface area contributed by atoms with E-state index in [1.54, 1.807) is 0 Å². The average molecular weight is 184 g/mol. The molecule has 0 aliphatic rings. The molecule has 0 atom stereocenters. The second kappa shape index (κ2) is 4.70. The molecule has 1 aromatic carbocycles. The van der Waals surface area contributed by atoms with Crippen molar-refractivity contribution in [2.45, 2.75) is 19.8 Å². The molecule has 0 amide bonds. The lowest BCUT2D eigenvalue weighted by Crippen LogP contribution is -1.98. The van der Waals surface area contributed by atoms with Crippen molar-refractivity contribution in [1.29, 1.82) is 0 Å². The number of ether oxygens (including phenoxy) is 1. The summed E-state index contributed by atoms with van der Waals surface area (Å²) < 4.78 is 18.1. The number of phenolic OH excluding ortho intramolecular Hbond substituents is 1. The minimum Gasteiger partial charge on any atom is -0.508 e. The van der Waals surface area contributed by atoms with Gasteiger partial charge in [0.2, 0.25) is 0 Å². The maximum atomic E-state index is 13.0. The summed E-state index contributed by atoms with van der Waals surface area (Å²) in [6.45, 7) is 2.51. The highest BCUT2D eigenvalue weighted by Gasteiger charge is 2.03. The first-order valence-electron chi connectivity index (χ1n) is 4.35. The van der Waals surface area contributed by atoms with Gasteiger partial charge >= 0.3 is 0 Å². The van der Waals surface area contributed by atoms with Gasteiger partial charge in [0.15, 0.2) is 11.6 Å². The fraction of sp³-hybridized carbons (Fsp3) is 0.400. The van der Waals surface area contributed by atoms with Crippen LogP contribution in [0.25, 0.3) is 0 Å². The van der Waals surface area contributed by atoms with Crippen molar-refractivity contribution in [3.63, 3.8) is 0 Å². The molecule has 0 radical (unpaired) electrons. The van der Waals surface area contributed by atoms with Crippen molar-refractivity contribution >= 4 is 0 Å².